The lowest BCUT2D eigenvalue weighted by Gasteiger charge is -2.29. The molecule has 0 saturated carbocycles. The van der Waals surface area contributed by atoms with Crippen LogP contribution in [0, 0.1) is 18.8 Å². The topological polar surface area (TPSA) is 75.7 Å². The predicted octanol–water partition coefficient (Wildman–Crippen LogP) is 2.77. The summed E-state index contributed by atoms with van der Waals surface area (Å²) in [5, 5.41) is 3.29. The van der Waals surface area contributed by atoms with Crippen LogP contribution < -0.4 is 10.2 Å². The van der Waals surface area contributed by atoms with Gasteiger partial charge in [-0.2, -0.15) is 0 Å². The van der Waals surface area contributed by atoms with Crippen molar-refractivity contribution in [3.05, 3.63) is 65.7 Å². The zero-order chi connectivity index (χ0) is 20.8. The minimum absolute atomic E-state index is 0.202. The molecule has 4 atom stereocenters. The van der Waals surface area contributed by atoms with E-state index in [0.29, 0.717) is 5.69 Å². The Morgan fingerprint density at radius 2 is 1.83 bits per heavy atom. The first-order valence-corrected chi connectivity index (χ1v) is 9.83. The molecule has 29 heavy (non-hydrogen) atoms. The van der Waals surface area contributed by atoms with Crippen LogP contribution in [0.4, 0.5) is 5.69 Å². The molecule has 150 valence electrons. The van der Waals surface area contributed by atoms with Crippen LogP contribution in [0.3, 0.4) is 0 Å². The summed E-state index contributed by atoms with van der Waals surface area (Å²) in [5.74, 6) is -2.69. The third kappa shape index (κ3) is 2.95. The van der Waals surface area contributed by atoms with E-state index >= 15 is 0 Å². The number of rotatable bonds is 4. The van der Waals surface area contributed by atoms with Crippen LogP contribution in [0.2, 0.25) is 0 Å². The number of benzene rings is 2. The molecule has 2 aromatic carbocycles. The Morgan fingerprint density at radius 1 is 1.10 bits per heavy atom. The summed E-state index contributed by atoms with van der Waals surface area (Å²) in [6.45, 7) is 5.56. The van der Waals surface area contributed by atoms with Crippen molar-refractivity contribution in [1.82, 2.24) is 5.32 Å². The summed E-state index contributed by atoms with van der Waals surface area (Å²) in [6, 6.07) is 16.2. The fourth-order valence-corrected chi connectivity index (χ4v) is 4.59. The van der Waals surface area contributed by atoms with Crippen LogP contribution in [0.25, 0.3) is 0 Å². The number of para-hydroxylation sites is 1. The van der Waals surface area contributed by atoms with Crippen LogP contribution in [-0.4, -0.2) is 29.9 Å². The first-order valence-electron chi connectivity index (χ1n) is 9.83. The van der Waals surface area contributed by atoms with Crippen LogP contribution in [0.5, 0.6) is 0 Å². The number of amides is 2. The van der Waals surface area contributed by atoms with Gasteiger partial charge in [-0.1, -0.05) is 48.0 Å². The molecule has 2 fully saturated rings. The molecule has 6 heteroatoms. The number of hydrogen-bond acceptors (Lipinski definition) is 5. The van der Waals surface area contributed by atoms with Crippen LogP contribution in [0.15, 0.2) is 54.6 Å². The van der Waals surface area contributed by atoms with Crippen molar-refractivity contribution in [1.29, 1.82) is 0 Å². The zero-order valence-electron chi connectivity index (χ0n) is 16.7. The van der Waals surface area contributed by atoms with Crippen molar-refractivity contribution in [3.8, 4) is 0 Å². The number of nitrogens with one attached hydrogen (secondary N) is 1. The molecule has 2 aliphatic rings. The summed E-state index contributed by atoms with van der Waals surface area (Å²) < 4.78 is 5.29. The Hall–Kier alpha value is -2.99. The molecule has 2 amide bonds. The van der Waals surface area contributed by atoms with E-state index in [2.05, 4.69) is 5.32 Å². The molecular weight excluding hydrogens is 368 g/mol. The van der Waals surface area contributed by atoms with Crippen molar-refractivity contribution >= 4 is 23.5 Å². The first kappa shape index (κ1) is 19.3. The molecule has 0 radical (unpaired) electrons. The van der Waals surface area contributed by atoms with Gasteiger partial charge in [-0.25, -0.2) is 4.90 Å². The zero-order valence-corrected chi connectivity index (χ0v) is 16.7. The van der Waals surface area contributed by atoms with Gasteiger partial charge in [0.2, 0.25) is 11.8 Å². The Labute approximate surface area is 169 Å². The molecule has 0 spiro atoms. The molecular formula is C23H24N2O4. The molecule has 1 N–H and O–H groups in total. The van der Waals surface area contributed by atoms with Gasteiger partial charge in [-0.15, -0.1) is 0 Å². The number of aryl methyl sites for hydroxylation is 1. The summed E-state index contributed by atoms with van der Waals surface area (Å²) in [6.07, 6.45) is 0. The van der Waals surface area contributed by atoms with Gasteiger partial charge in [0.15, 0.2) is 0 Å². The second kappa shape index (κ2) is 7.12. The highest BCUT2D eigenvalue weighted by molar-refractivity contribution is 6.24. The smallest absolute Gasteiger partial charge is 0.326 e. The lowest BCUT2D eigenvalue weighted by atomic mass is 9.80. The highest BCUT2D eigenvalue weighted by atomic mass is 16.5. The monoisotopic (exact) mass is 392 g/mol. The van der Waals surface area contributed by atoms with Crippen molar-refractivity contribution in [2.45, 2.75) is 32.4 Å². The van der Waals surface area contributed by atoms with Crippen molar-refractivity contribution in [3.63, 3.8) is 0 Å². The van der Waals surface area contributed by atoms with E-state index < -0.39 is 29.4 Å². The summed E-state index contributed by atoms with van der Waals surface area (Å²) in [7, 11) is 0. The molecule has 0 bridgehead atoms. The molecule has 0 aromatic heterocycles. The molecule has 2 saturated heterocycles. The van der Waals surface area contributed by atoms with Crippen LogP contribution in [-0.2, 0) is 19.1 Å². The fourth-order valence-electron chi connectivity index (χ4n) is 4.59. The van der Waals surface area contributed by atoms with E-state index in [1.54, 1.807) is 38.1 Å². The van der Waals surface area contributed by atoms with E-state index in [1.165, 1.54) is 4.90 Å². The van der Waals surface area contributed by atoms with E-state index in [1.807, 2.05) is 37.3 Å². The lowest BCUT2D eigenvalue weighted by Crippen LogP contribution is -2.54. The van der Waals surface area contributed by atoms with Crippen LogP contribution >= 0.6 is 0 Å². The largest absolute Gasteiger partial charge is 0.465 e. The quantitative estimate of drug-likeness (QED) is 0.640. The number of nitrogens with zero attached hydrogens (tertiary/aromatic N) is 1. The van der Waals surface area contributed by atoms with E-state index in [-0.39, 0.29) is 18.4 Å². The molecule has 2 aliphatic heterocycles. The number of carbonyl (C=O) groups is 3. The Balaban J connectivity index is 1.82. The van der Waals surface area contributed by atoms with Gasteiger partial charge >= 0.3 is 5.97 Å². The number of ether oxygens (including phenoxy) is 1. The minimum atomic E-state index is -1.29. The van der Waals surface area contributed by atoms with Crippen molar-refractivity contribution in [2.24, 2.45) is 11.8 Å². The highest BCUT2D eigenvalue weighted by Gasteiger charge is 2.67. The van der Waals surface area contributed by atoms with Gasteiger partial charge in [0.25, 0.3) is 0 Å². The van der Waals surface area contributed by atoms with Gasteiger partial charge < -0.3 is 4.74 Å². The van der Waals surface area contributed by atoms with E-state index in [0.717, 1.165) is 11.1 Å². The molecule has 2 aromatic rings. The summed E-state index contributed by atoms with van der Waals surface area (Å²) in [5.41, 5.74) is 1.16. The van der Waals surface area contributed by atoms with Gasteiger partial charge in [0, 0.05) is 6.04 Å². The standard InChI is InChI=1S/C23H24N2O4/c1-4-29-22(28)23(3)18-17(19(24-23)15-10-8-9-14(2)13-15)20(26)25(21(18)27)16-11-6-5-7-12-16/h5-13,17-19,24H,4H2,1-3H3/t17-,18+,19-,23+/m0/s1. The fraction of sp³-hybridized carbons (Fsp3) is 0.348. The maximum absolute atomic E-state index is 13.4. The Bertz CT molecular complexity index is 974. The van der Waals surface area contributed by atoms with Crippen LogP contribution in [0.1, 0.15) is 31.0 Å². The second-order valence-corrected chi connectivity index (χ2v) is 7.81. The molecule has 0 aliphatic carbocycles. The average Bonchev–Trinajstić information content (AvgIpc) is 3.17. The number of hydrogen-bond donors (Lipinski definition) is 1. The normalized spacial score (nSPS) is 28.5. The number of anilines is 1. The van der Waals surface area contributed by atoms with Crippen molar-refractivity contribution < 1.29 is 19.1 Å². The van der Waals surface area contributed by atoms with Crippen molar-refractivity contribution in [2.75, 3.05) is 11.5 Å². The molecule has 2 heterocycles. The minimum Gasteiger partial charge on any atom is -0.465 e. The van der Waals surface area contributed by atoms with Gasteiger partial charge in [0.05, 0.1) is 24.1 Å². The molecule has 4 rings (SSSR count). The van der Waals surface area contributed by atoms with Gasteiger partial charge in [0.1, 0.15) is 5.54 Å². The van der Waals surface area contributed by atoms with Gasteiger partial charge in [-0.3, -0.25) is 19.7 Å². The second-order valence-electron chi connectivity index (χ2n) is 7.81. The molecule has 6 nitrogen and oxygen atoms in total. The van der Waals surface area contributed by atoms with Gasteiger partial charge in [-0.05, 0) is 38.5 Å². The number of imide groups is 1. The maximum atomic E-state index is 13.4. The number of fused-ring (bicyclic) bond motifs is 1. The lowest BCUT2D eigenvalue weighted by molar-refractivity contribution is -0.153. The summed E-state index contributed by atoms with van der Waals surface area (Å²) >= 11 is 0. The highest BCUT2D eigenvalue weighted by Crippen LogP contribution is 2.50. The predicted molar refractivity (Wildman–Crippen MR) is 108 cm³/mol. The average molecular weight is 392 g/mol. The Kier molecular flexibility index (Phi) is 4.74. The molecule has 0 unspecified atom stereocenters. The SMILES string of the molecule is CCOC(=O)[C@]1(C)N[C@@H](c2cccc(C)c2)[C@H]2C(=O)N(c3ccccc3)C(=O)[C@@H]21. The number of carbonyl (C=O) groups excluding carboxylic acids is 3. The third-order valence-corrected chi connectivity index (χ3v) is 5.90. The van der Waals surface area contributed by atoms with E-state index in [4.69, 9.17) is 4.74 Å². The number of esters is 1. The van der Waals surface area contributed by atoms with E-state index in [9.17, 15) is 14.4 Å². The Morgan fingerprint density at radius 3 is 2.48 bits per heavy atom. The summed E-state index contributed by atoms with van der Waals surface area (Å²) in [4.78, 5) is 41.0. The maximum Gasteiger partial charge on any atom is 0.326 e. The first-order chi connectivity index (χ1) is 13.9. The third-order valence-electron chi connectivity index (χ3n) is 5.90.